The number of rotatable bonds is 3. The molecule has 1 aromatic heterocycles. The molecule has 0 saturated carbocycles. The van der Waals surface area contributed by atoms with Crippen molar-refractivity contribution in [1.82, 2.24) is 4.98 Å². The number of aliphatic hydroxyl groups excluding tert-OH is 1. The number of benzene rings is 1. The summed E-state index contributed by atoms with van der Waals surface area (Å²) < 4.78 is 0. The van der Waals surface area contributed by atoms with Gasteiger partial charge in [0.2, 0.25) is 0 Å². The molecule has 3 heteroatoms. The predicted molar refractivity (Wildman–Crippen MR) is 74.5 cm³/mol. The predicted octanol–water partition coefficient (Wildman–Crippen LogP) is 1.86. The van der Waals surface area contributed by atoms with Crippen LogP contribution in [-0.4, -0.2) is 16.6 Å². The van der Waals surface area contributed by atoms with Crippen LogP contribution in [0.15, 0.2) is 48.8 Å². The highest BCUT2D eigenvalue weighted by Gasteiger charge is 2.42. The largest absolute Gasteiger partial charge is 0.388 e. The first-order valence-electron chi connectivity index (χ1n) is 6.60. The summed E-state index contributed by atoms with van der Waals surface area (Å²) in [6.45, 7) is 0.470. The van der Waals surface area contributed by atoms with Gasteiger partial charge in [-0.25, -0.2) is 0 Å². The summed E-state index contributed by atoms with van der Waals surface area (Å²) in [7, 11) is 0. The standard InChI is InChI=1S/C16H18N2O/c17-11-16(15(19)14-6-3-7-18-10-14)8-12-4-1-2-5-13(12)9-16/h1-7,10,15,19H,8-9,11,17H2. The normalized spacial score (nSPS) is 18.0. The third-order valence-electron chi connectivity index (χ3n) is 4.19. The molecule has 3 N–H and O–H groups in total. The van der Waals surface area contributed by atoms with Gasteiger partial charge in [-0.05, 0) is 35.6 Å². The molecular weight excluding hydrogens is 236 g/mol. The molecule has 3 nitrogen and oxygen atoms in total. The van der Waals surface area contributed by atoms with E-state index in [0.717, 1.165) is 18.4 Å². The SMILES string of the molecule is NCC1(C(O)c2cccnc2)Cc2ccccc2C1. The van der Waals surface area contributed by atoms with Crippen molar-refractivity contribution in [2.45, 2.75) is 18.9 Å². The Morgan fingerprint density at radius 3 is 2.37 bits per heavy atom. The Hall–Kier alpha value is -1.71. The average Bonchev–Trinajstić information content (AvgIpc) is 2.87. The van der Waals surface area contributed by atoms with Crippen LogP contribution in [0, 0.1) is 5.41 Å². The molecule has 1 atom stereocenters. The molecule has 1 aliphatic rings. The third kappa shape index (κ3) is 2.05. The van der Waals surface area contributed by atoms with Gasteiger partial charge < -0.3 is 10.8 Å². The molecule has 1 aliphatic carbocycles. The monoisotopic (exact) mass is 254 g/mol. The van der Waals surface area contributed by atoms with Gasteiger partial charge in [0.1, 0.15) is 0 Å². The number of fused-ring (bicyclic) bond motifs is 1. The van der Waals surface area contributed by atoms with Crippen LogP contribution in [0.1, 0.15) is 22.8 Å². The van der Waals surface area contributed by atoms with E-state index in [1.54, 1.807) is 12.4 Å². The second-order valence-electron chi connectivity index (χ2n) is 5.38. The van der Waals surface area contributed by atoms with Gasteiger partial charge >= 0.3 is 0 Å². The van der Waals surface area contributed by atoms with E-state index >= 15 is 0 Å². The Kier molecular flexibility index (Phi) is 3.09. The second kappa shape index (κ2) is 4.76. The number of aromatic nitrogens is 1. The summed E-state index contributed by atoms with van der Waals surface area (Å²) in [6.07, 6.45) is 4.53. The zero-order chi connectivity index (χ0) is 13.3. The van der Waals surface area contributed by atoms with Crippen LogP contribution in [0.3, 0.4) is 0 Å². The van der Waals surface area contributed by atoms with E-state index in [2.05, 4.69) is 17.1 Å². The molecule has 2 aromatic rings. The lowest BCUT2D eigenvalue weighted by atomic mass is 9.76. The molecule has 98 valence electrons. The summed E-state index contributed by atoms with van der Waals surface area (Å²) in [6, 6.07) is 12.1. The summed E-state index contributed by atoms with van der Waals surface area (Å²) in [5.74, 6) is 0. The van der Waals surface area contributed by atoms with E-state index in [-0.39, 0.29) is 5.41 Å². The molecule has 3 rings (SSSR count). The minimum atomic E-state index is -0.571. The maximum Gasteiger partial charge on any atom is 0.0879 e. The first-order chi connectivity index (χ1) is 9.25. The summed E-state index contributed by atoms with van der Waals surface area (Å²) in [5.41, 5.74) is 9.16. The fraction of sp³-hybridized carbons (Fsp3) is 0.312. The van der Waals surface area contributed by atoms with Crippen LogP contribution in [0.5, 0.6) is 0 Å². The number of hydrogen-bond donors (Lipinski definition) is 2. The lowest BCUT2D eigenvalue weighted by molar-refractivity contribution is 0.0355. The van der Waals surface area contributed by atoms with E-state index in [1.165, 1.54) is 11.1 Å². The fourth-order valence-electron chi connectivity index (χ4n) is 3.06. The zero-order valence-corrected chi connectivity index (χ0v) is 10.8. The van der Waals surface area contributed by atoms with Crippen molar-refractivity contribution in [3.8, 4) is 0 Å². The van der Waals surface area contributed by atoms with Crippen LogP contribution in [0.2, 0.25) is 0 Å². The van der Waals surface area contributed by atoms with Gasteiger partial charge in [-0.1, -0.05) is 30.3 Å². The summed E-state index contributed by atoms with van der Waals surface area (Å²) in [4.78, 5) is 4.09. The first kappa shape index (κ1) is 12.3. The topological polar surface area (TPSA) is 59.1 Å². The number of nitrogens with zero attached hydrogens (tertiary/aromatic N) is 1. The maximum atomic E-state index is 10.7. The number of nitrogens with two attached hydrogens (primary N) is 1. The number of pyridine rings is 1. The third-order valence-corrected chi connectivity index (χ3v) is 4.19. The quantitative estimate of drug-likeness (QED) is 0.879. The van der Waals surface area contributed by atoms with Crippen LogP contribution in [0.4, 0.5) is 0 Å². The molecule has 0 aliphatic heterocycles. The van der Waals surface area contributed by atoms with Gasteiger partial charge in [0.25, 0.3) is 0 Å². The van der Waals surface area contributed by atoms with Gasteiger partial charge in [0, 0.05) is 24.4 Å². The Morgan fingerprint density at radius 1 is 1.16 bits per heavy atom. The van der Waals surface area contributed by atoms with Crippen molar-refractivity contribution in [2.24, 2.45) is 11.1 Å². The number of hydrogen-bond acceptors (Lipinski definition) is 3. The van der Waals surface area contributed by atoms with Gasteiger partial charge in [-0.15, -0.1) is 0 Å². The van der Waals surface area contributed by atoms with Crippen molar-refractivity contribution in [3.63, 3.8) is 0 Å². The highest BCUT2D eigenvalue weighted by atomic mass is 16.3. The average molecular weight is 254 g/mol. The molecule has 0 amide bonds. The van der Waals surface area contributed by atoms with E-state index < -0.39 is 6.10 Å². The summed E-state index contributed by atoms with van der Waals surface area (Å²) >= 11 is 0. The molecule has 1 heterocycles. The smallest absolute Gasteiger partial charge is 0.0879 e. The van der Waals surface area contributed by atoms with Crippen molar-refractivity contribution < 1.29 is 5.11 Å². The van der Waals surface area contributed by atoms with Gasteiger partial charge in [0.05, 0.1) is 6.10 Å². The van der Waals surface area contributed by atoms with Crippen LogP contribution < -0.4 is 5.73 Å². The van der Waals surface area contributed by atoms with E-state index in [1.807, 2.05) is 24.3 Å². The van der Waals surface area contributed by atoms with Crippen LogP contribution in [-0.2, 0) is 12.8 Å². The Labute approximate surface area is 113 Å². The van der Waals surface area contributed by atoms with Crippen molar-refractivity contribution in [3.05, 3.63) is 65.5 Å². The zero-order valence-electron chi connectivity index (χ0n) is 10.8. The lowest BCUT2D eigenvalue weighted by Crippen LogP contribution is -2.37. The molecule has 0 bridgehead atoms. The van der Waals surface area contributed by atoms with Gasteiger partial charge in [-0.2, -0.15) is 0 Å². The molecule has 0 fully saturated rings. The second-order valence-corrected chi connectivity index (χ2v) is 5.38. The van der Waals surface area contributed by atoms with E-state index in [0.29, 0.717) is 6.54 Å². The first-order valence-corrected chi connectivity index (χ1v) is 6.60. The lowest BCUT2D eigenvalue weighted by Gasteiger charge is -2.33. The minimum Gasteiger partial charge on any atom is -0.388 e. The Morgan fingerprint density at radius 2 is 1.84 bits per heavy atom. The van der Waals surface area contributed by atoms with Crippen molar-refractivity contribution >= 4 is 0 Å². The van der Waals surface area contributed by atoms with Crippen molar-refractivity contribution in [1.29, 1.82) is 0 Å². The van der Waals surface area contributed by atoms with Crippen molar-refractivity contribution in [2.75, 3.05) is 6.54 Å². The fourth-order valence-corrected chi connectivity index (χ4v) is 3.06. The highest BCUT2D eigenvalue weighted by molar-refractivity contribution is 5.36. The summed E-state index contributed by atoms with van der Waals surface area (Å²) in [5, 5.41) is 10.7. The molecule has 19 heavy (non-hydrogen) atoms. The minimum absolute atomic E-state index is 0.299. The van der Waals surface area contributed by atoms with Gasteiger partial charge in [-0.3, -0.25) is 4.98 Å². The highest BCUT2D eigenvalue weighted by Crippen LogP contribution is 2.44. The van der Waals surface area contributed by atoms with E-state index in [4.69, 9.17) is 5.73 Å². The van der Waals surface area contributed by atoms with E-state index in [9.17, 15) is 5.11 Å². The number of aliphatic hydroxyl groups is 1. The molecule has 1 aromatic carbocycles. The van der Waals surface area contributed by atoms with Gasteiger partial charge in [0.15, 0.2) is 0 Å². The molecule has 0 spiro atoms. The van der Waals surface area contributed by atoms with Crippen LogP contribution in [0.25, 0.3) is 0 Å². The Bertz CT molecular complexity index is 543. The molecule has 0 saturated heterocycles. The van der Waals surface area contributed by atoms with Crippen LogP contribution >= 0.6 is 0 Å². The maximum absolute atomic E-state index is 10.7. The molecule has 1 unspecified atom stereocenters. The Balaban J connectivity index is 1.95. The molecule has 0 radical (unpaired) electrons. The molecular formula is C16H18N2O.